The van der Waals surface area contributed by atoms with Crippen LogP contribution in [0.4, 0.5) is 4.39 Å². The fourth-order valence-corrected chi connectivity index (χ4v) is 3.40. The molecule has 0 radical (unpaired) electrons. The molecule has 2 heterocycles. The lowest BCUT2D eigenvalue weighted by molar-refractivity contribution is -0.149. The van der Waals surface area contributed by atoms with Crippen molar-refractivity contribution in [1.29, 1.82) is 0 Å². The van der Waals surface area contributed by atoms with Crippen molar-refractivity contribution in [1.82, 2.24) is 4.98 Å². The van der Waals surface area contributed by atoms with Crippen molar-refractivity contribution in [3.8, 4) is 10.4 Å². The molecule has 0 bridgehead atoms. The number of carbonyl (C=O) groups excluding carboxylic acids is 1. The van der Waals surface area contributed by atoms with Crippen LogP contribution in [0.25, 0.3) is 10.4 Å². The highest BCUT2D eigenvalue weighted by Crippen LogP contribution is 2.39. The summed E-state index contributed by atoms with van der Waals surface area (Å²) in [6, 6.07) is 5.89. The Labute approximate surface area is 137 Å². The number of thiazole rings is 1. The highest BCUT2D eigenvalue weighted by molar-refractivity contribution is 7.15. The Morgan fingerprint density at radius 1 is 1.35 bits per heavy atom. The molecule has 1 fully saturated rings. The van der Waals surface area contributed by atoms with Crippen LogP contribution in [0.2, 0.25) is 0 Å². The molecule has 3 rings (SSSR count). The third-order valence-electron chi connectivity index (χ3n) is 3.43. The van der Waals surface area contributed by atoms with Gasteiger partial charge in [-0.05, 0) is 31.5 Å². The van der Waals surface area contributed by atoms with E-state index in [1.54, 1.807) is 26.0 Å². The molecule has 1 aromatic heterocycles. The number of rotatable bonds is 4. The van der Waals surface area contributed by atoms with Gasteiger partial charge < -0.3 is 14.2 Å². The SMILES string of the molecule is CCOC(=O)c1nc(C2(C)OCCO2)sc1-c1ccc(F)cc1. The minimum atomic E-state index is -0.968. The predicted molar refractivity (Wildman–Crippen MR) is 82.7 cm³/mol. The van der Waals surface area contributed by atoms with Crippen molar-refractivity contribution in [3.05, 3.63) is 40.8 Å². The van der Waals surface area contributed by atoms with Crippen LogP contribution < -0.4 is 0 Å². The maximum absolute atomic E-state index is 13.2. The van der Waals surface area contributed by atoms with Gasteiger partial charge in [0.2, 0.25) is 5.79 Å². The smallest absolute Gasteiger partial charge is 0.358 e. The summed E-state index contributed by atoms with van der Waals surface area (Å²) in [6.07, 6.45) is 0. The Balaban J connectivity index is 2.06. The van der Waals surface area contributed by atoms with E-state index in [0.29, 0.717) is 28.7 Å². The predicted octanol–water partition coefficient (Wildman–Crippen LogP) is 3.35. The van der Waals surface area contributed by atoms with Gasteiger partial charge in [0.25, 0.3) is 0 Å². The quantitative estimate of drug-likeness (QED) is 0.801. The van der Waals surface area contributed by atoms with Gasteiger partial charge in [-0.1, -0.05) is 12.1 Å². The average Bonchev–Trinajstić information content (AvgIpc) is 3.16. The van der Waals surface area contributed by atoms with Crippen molar-refractivity contribution in [2.45, 2.75) is 19.6 Å². The van der Waals surface area contributed by atoms with Gasteiger partial charge in [0.15, 0.2) is 10.7 Å². The van der Waals surface area contributed by atoms with Gasteiger partial charge in [0.1, 0.15) is 5.82 Å². The molecule has 0 N–H and O–H groups in total. The van der Waals surface area contributed by atoms with Crippen molar-refractivity contribution in [3.63, 3.8) is 0 Å². The summed E-state index contributed by atoms with van der Waals surface area (Å²) in [6.45, 7) is 4.68. The van der Waals surface area contributed by atoms with E-state index in [1.807, 2.05) is 0 Å². The van der Waals surface area contributed by atoms with Crippen LogP contribution in [0.15, 0.2) is 24.3 Å². The first-order valence-corrected chi connectivity index (χ1v) is 8.07. The first-order valence-electron chi connectivity index (χ1n) is 7.26. The van der Waals surface area contributed by atoms with Crippen molar-refractivity contribution < 1.29 is 23.4 Å². The second-order valence-electron chi connectivity index (χ2n) is 5.07. The summed E-state index contributed by atoms with van der Waals surface area (Å²) in [5, 5.41) is 0.539. The van der Waals surface area contributed by atoms with Gasteiger partial charge in [-0.25, -0.2) is 14.2 Å². The van der Waals surface area contributed by atoms with E-state index in [-0.39, 0.29) is 18.1 Å². The van der Waals surface area contributed by atoms with Crippen LogP contribution in [0.5, 0.6) is 0 Å². The molecule has 0 aliphatic carbocycles. The molecule has 7 heteroatoms. The highest BCUT2D eigenvalue weighted by Gasteiger charge is 2.38. The third kappa shape index (κ3) is 3.12. The number of nitrogens with zero attached hydrogens (tertiary/aromatic N) is 1. The highest BCUT2D eigenvalue weighted by atomic mass is 32.1. The first kappa shape index (κ1) is 16.0. The molecule has 0 atom stereocenters. The van der Waals surface area contributed by atoms with Crippen LogP contribution in [0, 0.1) is 5.82 Å². The summed E-state index contributed by atoms with van der Waals surface area (Å²) in [4.78, 5) is 17.2. The Kier molecular flexibility index (Phi) is 4.43. The molecule has 5 nitrogen and oxygen atoms in total. The van der Waals surface area contributed by atoms with E-state index < -0.39 is 11.8 Å². The van der Waals surface area contributed by atoms with Gasteiger partial charge >= 0.3 is 5.97 Å². The second kappa shape index (κ2) is 6.35. The van der Waals surface area contributed by atoms with Crippen LogP contribution in [-0.2, 0) is 20.0 Å². The zero-order chi connectivity index (χ0) is 16.4. The summed E-state index contributed by atoms with van der Waals surface area (Å²) in [5.74, 6) is -1.83. The third-order valence-corrected chi connectivity index (χ3v) is 4.72. The maximum Gasteiger partial charge on any atom is 0.358 e. The normalized spacial score (nSPS) is 16.5. The molecular weight excluding hydrogens is 321 g/mol. The van der Waals surface area contributed by atoms with Crippen molar-refractivity contribution in [2.75, 3.05) is 19.8 Å². The monoisotopic (exact) mass is 337 g/mol. The molecule has 1 aromatic carbocycles. The average molecular weight is 337 g/mol. The second-order valence-corrected chi connectivity index (χ2v) is 6.07. The van der Waals surface area contributed by atoms with Crippen LogP contribution in [-0.4, -0.2) is 30.8 Å². The van der Waals surface area contributed by atoms with E-state index in [4.69, 9.17) is 14.2 Å². The molecule has 0 amide bonds. The topological polar surface area (TPSA) is 57.7 Å². The first-order chi connectivity index (χ1) is 11.0. The lowest BCUT2D eigenvalue weighted by atomic mass is 10.1. The fraction of sp³-hybridized carbons (Fsp3) is 0.375. The largest absolute Gasteiger partial charge is 0.461 e. The minimum absolute atomic E-state index is 0.193. The number of carbonyl (C=O) groups is 1. The van der Waals surface area contributed by atoms with Gasteiger partial charge in [-0.3, -0.25) is 0 Å². The van der Waals surface area contributed by atoms with E-state index in [1.165, 1.54) is 23.5 Å². The summed E-state index contributed by atoms with van der Waals surface area (Å²) < 4.78 is 29.4. The molecular formula is C16H16FNO4S. The number of aromatic nitrogens is 1. The van der Waals surface area contributed by atoms with Crippen molar-refractivity contribution in [2.24, 2.45) is 0 Å². The summed E-state index contributed by atoms with van der Waals surface area (Å²) >= 11 is 1.28. The van der Waals surface area contributed by atoms with E-state index >= 15 is 0 Å². The van der Waals surface area contributed by atoms with E-state index in [2.05, 4.69) is 4.98 Å². The maximum atomic E-state index is 13.2. The molecule has 0 saturated carbocycles. The Bertz CT molecular complexity index is 707. The zero-order valence-corrected chi connectivity index (χ0v) is 13.6. The number of hydrogen-bond donors (Lipinski definition) is 0. The Hall–Kier alpha value is -1.83. The summed E-state index contributed by atoms with van der Waals surface area (Å²) in [7, 11) is 0. The van der Waals surface area contributed by atoms with Crippen LogP contribution in [0.1, 0.15) is 29.3 Å². The molecule has 1 aliphatic heterocycles. The van der Waals surface area contributed by atoms with Gasteiger partial charge in [0, 0.05) is 0 Å². The molecule has 1 aliphatic rings. The standard InChI is InChI=1S/C16H16FNO4S/c1-3-20-14(19)12-13(10-4-6-11(17)7-5-10)23-15(18-12)16(2)21-8-9-22-16/h4-7H,3,8-9H2,1-2H3. The number of esters is 1. The fourth-order valence-electron chi connectivity index (χ4n) is 2.29. The minimum Gasteiger partial charge on any atom is -0.461 e. The molecule has 0 spiro atoms. The van der Waals surface area contributed by atoms with E-state index in [9.17, 15) is 9.18 Å². The Morgan fingerprint density at radius 3 is 2.61 bits per heavy atom. The van der Waals surface area contributed by atoms with Gasteiger partial charge in [-0.2, -0.15) is 0 Å². The molecule has 0 unspecified atom stereocenters. The molecule has 23 heavy (non-hydrogen) atoms. The van der Waals surface area contributed by atoms with Gasteiger partial charge in [0.05, 0.1) is 24.7 Å². The zero-order valence-electron chi connectivity index (χ0n) is 12.8. The number of halogens is 1. The van der Waals surface area contributed by atoms with Crippen LogP contribution in [0.3, 0.4) is 0 Å². The van der Waals surface area contributed by atoms with Crippen molar-refractivity contribution >= 4 is 17.3 Å². The molecule has 2 aromatic rings. The molecule has 122 valence electrons. The number of ether oxygens (including phenoxy) is 3. The Morgan fingerprint density at radius 2 is 2.00 bits per heavy atom. The lowest BCUT2D eigenvalue weighted by Crippen LogP contribution is -2.22. The van der Waals surface area contributed by atoms with E-state index in [0.717, 1.165) is 0 Å². The number of benzene rings is 1. The molecule has 1 saturated heterocycles. The number of hydrogen-bond acceptors (Lipinski definition) is 6. The van der Waals surface area contributed by atoms with Crippen LogP contribution >= 0.6 is 11.3 Å². The van der Waals surface area contributed by atoms with Gasteiger partial charge in [-0.15, -0.1) is 11.3 Å². The lowest BCUT2D eigenvalue weighted by Gasteiger charge is -2.18. The summed E-state index contributed by atoms with van der Waals surface area (Å²) in [5.41, 5.74) is 0.888.